The SMILES string of the molecule is C.CCCc1cc(N(C)Cc2ccccc2)n(CC2CCCCC2)n1.CN(Cc1cc(CCc2ccccc2)n(CC2CCCCC2)n1)C(=O)OC(C)(C)C.CN(Cc1cc(N(C)Cc2ccccc2)n(CC2CCCCC2)n1)C(=O)OC(C)(C)C. The van der Waals surface area contributed by atoms with Crippen molar-refractivity contribution in [2.24, 2.45) is 17.8 Å². The normalized spacial score (nSPS) is 15.1. The number of aromatic nitrogens is 6. The van der Waals surface area contributed by atoms with Crippen LogP contribution in [0.4, 0.5) is 21.2 Å². The molecule has 3 fully saturated rings. The molecule has 0 spiro atoms. The van der Waals surface area contributed by atoms with Gasteiger partial charge in [0, 0.05) is 78.7 Å². The van der Waals surface area contributed by atoms with E-state index in [0.29, 0.717) is 24.9 Å². The highest BCUT2D eigenvalue weighted by Gasteiger charge is 2.26. The van der Waals surface area contributed by atoms with Crippen molar-refractivity contribution in [3.8, 4) is 0 Å². The molecule has 86 heavy (non-hydrogen) atoms. The number of carbonyl (C=O) groups excluding carboxylic acids is 2. The number of nitrogens with zero attached hydrogens (tertiary/aromatic N) is 10. The molecular formula is C72H110N10O4. The minimum Gasteiger partial charge on any atom is -0.444 e. The molecule has 0 N–H and O–H groups in total. The van der Waals surface area contributed by atoms with Crippen LogP contribution in [-0.2, 0) is 74.5 Å². The Hall–Kier alpha value is -6.57. The van der Waals surface area contributed by atoms with Crippen LogP contribution in [0, 0.1) is 17.8 Å². The Morgan fingerprint density at radius 1 is 0.453 bits per heavy atom. The number of carbonyl (C=O) groups is 2. The van der Waals surface area contributed by atoms with Crippen molar-refractivity contribution in [3.63, 3.8) is 0 Å². The van der Waals surface area contributed by atoms with Gasteiger partial charge in [0.1, 0.15) is 22.8 Å². The molecule has 3 aromatic heterocycles. The molecule has 14 nitrogen and oxygen atoms in total. The molecule has 0 radical (unpaired) electrons. The van der Waals surface area contributed by atoms with E-state index < -0.39 is 11.2 Å². The quantitative estimate of drug-likeness (QED) is 0.0694. The van der Waals surface area contributed by atoms with Crippen molar-refractivity contribution in [2.75, 3.05) is 38.0 Å². The predicted molar refractivity (Wildman–Crippen MR) is 353 cm³/mol. The first-order chi connectivity index (χ1) is 40.8. The highest BCUT2D eigenvalue weighted by molar-refractivity contribution is 5.68. The molecule has 9 rings (SSSR count). The van der Waals surface area contributed by atoms with Crippen LogP contribution in [0.5, 0.6) is 0 Å². The first-order valence-electron chi connectivity index (χ1n) is 32.4. The summed E-state index contributed by atoms with van der Waals surface area (Å²) >= 11 is 0. The summed E-state index contributed by atoms with van der Waals surface area (Å²) < 4.78 is 17.6. The summed E-state index contributed by atoms with van der Waals surface area (Å²) in [5, 5.41) is 14.7. The fourth-order valence-corrected chi connectivity index (χ4v) is 12.1. The number of anilines is 2. The zero-order valence-electron chi connectivity index (χ0n) is 54.1. The molecule has 3 aromatic carbocycles. The van der Waals surface area contributed by atoms with Gasteiger partial charge in [-0.25, -0.2) is 19.0 Å². The molecule has 3 aliphatic carbocycles. The molecule has 3 aliphatic rings. The molecule has 2 amide bonds. The van der Waals surface area contributed by atoms with Crippen LogP contribution in [0.2, 0.25) is 0 Å². The Kier molecular flexibility index (Phi) is 27.2. The van der Waals surface area contributed by atoms with Gasteiger partial charge in [0.15, 0.2) is 0 Å². The molecule has 472 valence electrons. The van der Waals surface area contributed by atoms with Gasteiger partial charge in [-0.3, -0.25) is 4.68 Å². The van der Waals surface area contributed by atoms with Crippen LogP contribution in [0.1, 0.15) is 198 Å². The fourth-order valence-electron chi connectivity index (χ4n) is 12.1. The Morgan fingerprint density at radius 2 is 0.802 bits per heavy atom. The minimum atomic E-state index is -0.507. The highest BCUT2D eigenvalue weighted by atomic mass is 16.6. The smallest absolute Gasteiger partial charge is 0.410 e. The molecular weight excluding hydrogens is 1070 g/mol. The monoisotopic (exact) mass is 1180 g/mol. The lowest BCUT2D eigenvalue weighted by molar-refractivity contribution is 0.0273. The number of amides is 2. The van der Waals surface area contributed by atoms with Crippen LogP contribution in [-0.4, -0.2) is 90.7 Å². The Morgan fingerprint density at radius 3 is 1.20 bits per heavy atom. The molecule has 0 saturated heterocycles. The van der Waals surface area contributed by atoms with Crippen molar-refractivity contribution in [3.05, 3.63) is 149 Å². The molecule has 3 saturated carbocycles. The number of ether oxygens (including phenoxy) is 2. The second-order valence-electron chi connectivity index (χ2n) is 26.8. The van der Waals surface area contributed by atoms with E-state index in [-0.39, 0.29) is 19.6 Å². The maximum absolute atomic E-state index is 12.4. The van der Waals surface area contributed by atoms with Crippen molar-refractivity contribution < 1.29 is 19.1 Å². The second kappa shape index (κ2) is 34.1. The van der Waals surface area contributed by atoms with Crippen molar-refractivity contribution >= 4 is 23.8 Å². The third kappa shape index (κ3) is 23.3. The highest BCUT2D eigenvalue weighted by Crippen LogP contribution is 2.31. The maximum Gasteiger partial charge on any atom is 0.410 e. The van der Waals surface area contributed by atoms with Crippen LogP contribution < -0.4 is 9.80 Å². The molecule has 3 heterocycles. The number of hydrogen-bond donors (Lipinski definition) is 0. The number of benzene rings is 3. The molecule has 0 bridgehead atoms. The van der Waals surface area contributed by atoms with E-state index in [1.165, 1.54) is 130 Å². The van der Waals surface area contributed by atoms with E-state index in [9.17, 15) is 9.59 Å². The first kappa shape index (κ1) is 68.5. The van der Waals surface area contributed by atoms with Gasteiger partial charge in [0.05, 0.1) is 30.2 Å². The van der Waals surface area contributed by atoms with Crippen molar-refractivity contribution in [2.45, 2.75) is 235 Å². The van der Waals surface area contributed by atoms with E-state index in [1.54, 1.807) is 23.9 Å². The number of aryl methyl sites for hydroxylation is 3. The van der Waals surface area contributed by atoms with E-state index >= 15 is 0 Å². The van der Waals surface area contributed by atoms with E-state index in [2.05, 4.69) is 148 Å². The average Bonchev–Trinajstić information content (AvgIpc) is 3.38. The van der Waals surface area contributed by atoms with Crippen molar-refractivity contribution in [1.29, 1.82) is 0 Å². The van der Waals surface area contributed by atoms with E-state index in [4.69, 9.17) is 24.8 Å². The average molecular weight is 1180 g/mol. The lowest BCUT2D eigenvalue weighted by Gasteiger charge is -2.25. The second-order valence-corrected chi connectivity index (χ2v) is 26.8. The van der Waals surface area contributed by atoms with Gasteiger partial charge in [0.25, 0.3) is 0 Å². The number of rotatable bonds is 21. The minimum absolute atomic E-state index is 0. The Balaban J connectivity index is 0.000000207. The summed E-state index contributed by atoms with van der Waals surface area (Å²) in [7, 11) is 7.85. The molecule has 0 atom stereocenters. The molecule has 0 unspecified atom stereocenters. The third-order valence-corrected chi connectivity index (χ3v) is 16.5. The topological polar surface area (TPSA) is 119 Å². The standard InChI is InChI=1S/C25H38N4O2.C25H37N3O2.C21H31N3.CH4/c1-25(2,3)31-24(30)28(5)19-22-16-23(27(4)17-20-12-8-6-9-13-20)29(26-22)18-21-14-10-7-11-15-21;1-25(2,3)30-24(29)27(4)19-22-17-23(16-15-20-11-7-5-8-12-20)28(26-22)18-21-13-9-6-10-14-21;1-3-10-20-15-21(23(2)16-18-11-6-4-7-12-18)24(22-20)17-19-13-8-5-9-14-19;/h6,8-9,12-13,16,21H,7,10-11,14-15,17-19H2,1-5H3;5,7-8,11-12,17,21H,6,9-10,13-16,18-19H2,1-4H3;4,6-7,11-12,15,19H,3,5,8-10,13-14,16-17H2,1-2H3;1H4. The summed E-state index contributed by atoms with van der Waals surface area (Å²) in [6.07, 6.45) is 23.6. The van der Waals surface area contributed by atoms with Crippen LogP contribution in [0.25, 0.3) is 0 Å². The Labute approximate surface area is 519 Å². The lowest BCUT2D eigenvalue weighted by Crippen LogP contribution is -2.33. The third-order valence-electron chi connectivity index (χ3n) is 16.5. The Bertz CT molecular complexity index is 2870. The molecule has 0 aliphatic heterocycles. The van der Waals surface area contributed by atoms with Crippen molar-refractivity contribution in [1.82, 2.24) is 39.1 Å². The molecule has 6 aromatic rings. The lowest BCUT2D eigenvalue weighted by atomic mass is 9.89. The van der Waals surface area contributed by atoms with Crippen LogP contribution >= 0.6 is 0 Å². The summed E-state index contributed by atoms with van der Waals surface area (Å²) in [5.74, 6) is 4.56. The largest absolute Gasteiger partial charge is 0.444 e. The van der Waals surface area contributed by atoms with Gasteiger partial charge in [-0.05, 0) is 140 Å². The molecule has 14 heteroatoms. The summed E-state index contributed by atoms with van der Waals surface area (Å²) in [4.78, 5) is 32.6. The van der Waals surface area contributed by atoms with E-state index in [1.807, 2.05) is 47.6 Å². The van der Waals surface area contributed by atoms with E-state index in [0.717, 1.165) is 81.5 Å². The van der Waals surface area contributed by atoms with Gasteiger partial charge in [-0.1, -0.05) is 170 Å². The zero-order chi connectivity index (χ0) is 60.8. The first-order valence-corrected chi connectivity index (χ1v) is 32.4. The van der Waals surface area contributed by atoms with Crippen LogP contribution in [0.3, 0.4) is 0 Å². The van der Waals surface area contributed by atoms with Crippen LogP contribution in [0.15, 0.2) is 109 Å². The summed E-state index contributed by atoms with van der Waals surface area (Å²) in [5.41, 5.74) is 7.28. The zero-order valence-corrected chi connectivity index (χ0v) is 54.1. The maximum atomic E-state index is 12.4. The predicted octanol–water partition coefficient (Wildman–Crippen LogP) is 16.8. The van der Waals surface area contributed by atoms with Gasteiger partial charge >= 0.3 is 12.2 Å². The fraction of sp³-hybridized carbons (Fsp3) is 0.597. The summed E-state index contributed by atoms with van der Waals surface area (Å²) in [6, 6.07) is 38.4. The van der Waals surface area contributed by atoms with Gasteiger partial charge < -0.3 is 29.1 Å². The summed E-state index contributed by atoms with van der Waals surface area (Å²) in [6.45, 7) is 19.2. The number of hydrogen-bond acceptors (Lipinski definition) is 9. The van der Waals surface area contributed by atoms with Gasteiger partial charge in [-0.2, -0.15) is 15.3 Å². The van der Waals surface area contributed by atoms with Gasteiger partial charge in [-0.15, -0.1) is 0 Å². The van der Waals surface area contributed by atoms with Gasteiger partial charge in [0.2, 0.25) is 0 Å².